The van der Waals surface area contributed by atoms with Gasteiger partial charge in [0.05, 0.1) is 26.4 Å². The summed E-state index contributed by atoms with van der Waals surface area (Å²) >= 11 is 0. The molecule has 21 nitrogen and oxygen atoms in total. The second-order valence-electron chi connectivity index (χ2n) is 11.3. The van der Waals surface area contributed by atoms with Gasteiger partial charge in [-0.15, -0.1) is 0 Å². The molecular weight excluding hydrogens is 624 g/mol. The smallest absolute Gasteiger partial charge is 0.224 e. The van der Waals surface area contributed by atoms with Gasteiger partial charge in [0.1, 0.15) is 99.2 Å². The summed E-state index contributed by atoms with van der Waals surface area (Å²) in [6.07, 6.45) is -25.6. The molecule has 45 heavy (non-hydrogen) atoms. The number of hydrogen-bond donors (Lipinski definition) is 14. The highest BCUT2D eigenvalue weighted by Gasteiger charge is 2.64. The van der Waals surface area contributed by atoms with Crippen molar-refractivity contribution in [2.45, 2.75) is 103 Å². The zero-order valence-corrected chi connectivity index (χ0v) is 23.7. The molecule has 21 heteroatoms. The molecule has 17 atom stereocenters. The fraction of sp³-hybridized carbons (Fsp3) is 1.00. The van der Waals surface area contributed by atoms with Gasteiger partial charge in [-0.05, 0) is 0 Å². The molecule has 0 aromatic rings. The standard InChI is InChI=1S/C24H42O21/c25-1-8-12(30)16(34)17(35)21(41-8)45-24(20(38)15(33)11(4-28)44-24)7-40-23(19(37)14(32)10(3-27)43-23)6-39-22(5-29)18(36)13(31)9(2-26)42-22/h8-21,25-38H,1-7H2/t8?,9?,10?,11?,12?,13?,14?,15?,16?,17?,18?,19?,20?,21?,22-,23-,24+/m1/s1. The minimum absolute atomic E-state index is 0.809. The van der Waals surface area contributed by atoms with E-state index in [4.69, 9.17) is 33.2 Å². The molecule has 4 fully saturated rings. The van der Waals surface area contributed by atoms with Gasteiger partial charge in [0.15, 0.2) is 6.29 Å². The molecule has 0 aliphatic carbocycles. The Balaban J connectivity index is 1.65. The van der Waals surface area contributed by atoms with Gasteiger partial charge in [-0.2, -0.15) is 0 Å². The summed E-state index contributed by atoms with van der Waals surface area (Å²) in [6, 6.07) is 0. The minimum Gasteiger partial charge on any atom is -0.394 e. The molecule has 14 N–H and O–H groups in total. The number of aliphatic hydroxyl groups excluding tert-OH is 14. The van der Waals surface area contributed by atoms with Gasteiger partial charge in [0.25, 0.3) is 0 Å². The molecule has 0 radical (unpaired) electrons. The van der Waals surface area contributed by atoms with Crippen LogP contribution in [0.3, 0.4) is 0 Å². The molecule has 0 bridgehead atoms. The third-order valence-electron chi connectivity index (χ3n) is 8.48. The molecule has 0 aromatic heterocycles. The summed E-state index contributed by atoms with van der Waals surface area (Å²) in [6.45, 7) is -6.84. The van der Waals surface area contributed by atoms with Crippen molar-refractivity contribution in [3.05, 3.63) is 0 Å². The lowest BCUT2D eigenvalue weighted by molar-refractivity contribution is -0.404. The van der Waals surface area contributed by atoms with E-state index in [-0.39, 0.29) is 0 Å². The van der Waals surface area contributed by atoms with Crippen LogP contribution in [0.25, 0.3) is 0 Å². The van der Waals surface area contributed by atoms with Crippen molar-refractivity contribution < 1.29 is 105 Å². The maximum atomic E-state index is 11.0. The van der Waals surface area contributed by atoms with Crippen molar-refractivity contribution in [3.63, 3.8) is 0 Å². The third kappa shape index (κ3) is 6.49. The molecule has 0 aromatic carbocycles. The quantitative estimate of drug-likeness (QED) is 0.0867. The van der Waals surface area contributed by atoms with Gasteiger partial charge >= 0.3 is 0 Å². The lowest BCUT2D eigenvalue weighted by Gasteiger charge is -2.44. The van der Waals surface area contributed by atoms with Crippen molar-refractivity contribution in [2.75, 3.05) is 46.2 Å². The van der Waals surface area contributed by atoms with Crippen LogP contribution in [0.2, 0.25) is 0 Å². The van der Waals surface area contributed by atoms with Crippen molar-refractivity contribution in [1.82, 2.24) is 0 Å². The van der Waals surface area contributed by atoms with Crippen LogP contribution in [0.4, 0.5) is 0 Å². The van der Waals surface area contributed by atoms with Crippen molar-refractivity contribution in [3.8, 4) is 0 Å². The predicted octanol–water partition coefficient (Wildman–Crippen LogP) is -9.74. The minimum atomic E-state index is -2.67. The summed E-state index contributed by atoms with van der Waals surface area (Å²) in [7, 11) is 0. The summed E-state index contributed by atoms with van der Waals surface area (Å²) in [5.41, 5.74) is 0. The first-order chi connectivity index (χ1) is 21.2. The fourth-order valence-corrected chi connectivity index (χ4v) is 5.65. The van der Waals surface area contributed by atoms with E-state index in [1.165, 1.54) is 0 Å². The van der Waals surface area contributed by atoms with Crippen LogP contribution >= 0.6 is 0 Å². The predicted molar refractivity (Wildman–Crippen MR) is 134 cm³/mol. The fourth-order valence-electron chi connectivity index (χ4n) is 5.65. The van der Waals surface area contributed by atoms with E-state index in [0.29, 0.717) is 0 Å². The molecule has 4 heterocycles. The van der Waals surface area contributed by atoms with Crippen LogP contribution in [-0.2, 0) is 33.2 Å². The Labute approximate surface area is 254 Å². The normalized spacial score (nSPS) is 52.1. The molecule has 0 amide bonds. The van der Waals surface area contributed by atoms with Crippen LogP contribution in [0.5, 0.6) is 0 Å². The van der Waals surface area contributed by atoms with Crippen LogP contribution in [-0.4, -0.2) is 221 Å². The van der Waals surface area contributed by atoms with E-state index in [0.717, 1.165) is 0 Å². The van der Waals surface area contributed by atoms with Crippen LogP contribution in [0.15, 0.2) is 0 Å². The number of hydrogen-bond acceptors (Lipinski definition) is 21. The maximum absolute atomic E-state index is 11.0. The lowest BCUT2D eigenvalue weighted by atomic mass is 9.99. The second-order valence-corrected chi connectivity index (χ2v) is 11.3. The van der Waals surface area contributed by atoms with Gasteiger partial charge < -0.3 is 105 Å². The lowest BCUT2D eigenvalue weighted by Crippen LogP contribution is -2.63. The zero-order valence-electron chi connectivity index (χ0n) is 23.7. The van der Waals surface area contributed by atoms with E-state index in [2.05, 4.69) is 0 Å². The number of aliphatic hydroxyl groups is 14. The zero-order chi connectivity index (χ0) is 33.5. The highest BCUT2D eigenvalue weighted by Crippen LogP contribution is 2.41. The van der Waals surface area contributed by atoms with E-state index in [1.807, 2.05) is 0 Å². The largest absolute Gasteiger partial charge is 0.394 e. The molecule has 4 aliphatic rings. The second kappa shape index (κ2) is 14.3. The Hall–Kier alpha value is -0.840. The molecular formula is C24H42O21. The average molecular weight is 667 g/mol. The molecule has 264 valence electrons. The highest BCUT2D eigenvalue weighted by molar-refractivity contribution is 5.03. The van der Waals surface area contributed by atoms with Crippen LogP contribution in [0.1, 0.15) is 0 Å². The monoisotopic (exact) mass is 666 g/mol. The molecule has 4 rings (SSSR count). The van der Waals surface area contributed by atoms with E-state index < -0.39 is 149 Å². The van der Waals surface area contributed by atoms with E-state index in [1.54, 1.807) is 0 Å². The summed E-state index contributed by atoms with van der Waals surface area (Å²) in [5, 5.41) is 143. The third-order valence-corrected chi connectivity index (χ3v) is 8.48. The molecule has 4 aliphatic heterocycles. The van der Waals surface area contributed by atoms with Gasteiger partial charge in [-0.1, -0.05) is 0 Å². The number of ether oxygens (including phenoxy) is 7. The summed E-state index contributed by atoms with van der Waals surface area (Å²) in [4.78, 5) is 0. The molecule has 4 saturated heterocycles. The molecule has 14 unspecified atom stereocenters. The summed E-state index contributed by atoms with van der Waals surface area (Å²) < 4.78 is 38.7. The first-order valence-corrected chi connectivity index (χ1v) is 14.0. The topological polar surface area (TPSA) is 348 Å². The first-order valence-electron chi connectivity index (χ1n) is 14.0. The van der Waals surface area contributed by atoms with Crippen LogP contribution in [0, 0.1) is 0 Å². The highest BCUT2D eigenvalue weighted by atomic mass is 16.8. The molecule has 0 spiro atoms. The van der Waals surface area contributed by atoms with Gasteiger partial charge in [0.2, 0.25) is 17.4 Å². The van der Waals surface area contributed by atoms with Crippen molar-refractivity contribution in [2.24, 2.45) is 0 Å². The van der Waals surface area contributed by atoms with Gasteiger partial charge in [-0.3, -0.25) is 0 Å². The Morgan fingerprint density at radius 2 is 0.844 bits per heavy atom. The Bertz CT molecular complexity index is 962. The van der Waals surface area contributed by atoms with E-state index in [9.17, 15) is 71.5 Å². The van der Waals surface area contributed by atoms with Crippen LogP contribution < -0.4 is 0 Å². The van der Waals surface area contributed by atoms with Gasteiger partial charge in [0, 0.05) is 0 Å². The summed E-state index contributed by atoms with van der Waals surface area (Å²) in [5.74, 6) is -7.73. The first kappa shape index (κ1) is 37.0. The van der Waals surface area contributed by atoms with Crippen molar-refractivity contribution in [1.29, 1.82) is 0 Å². The Morgan fingerprint density at radius 3 is 1.31 bits per heavy atom. The molecule has 0 saturated carbocycles. The van der Waals surface area contributed by atoms with Crippen molar-refractivity contribution >= 4 is 0 Å². The number of rotatable bonds is 13. The Kier molecular flexibility index (Phi) is 11.8. The SMILES string of the molecule is OCC1OC(O[C@]2(CO[C@]3(CO[C@]4(CO)OC(CO)C(O)C4O)OC(CO)C(O)C3O)OC(CO)C(O)C2O)C(O)C(O)C1O. The van der Waals surface area contributed by atoms with E-state index >= 15 is 0 Å². The average Bonchev–Trinajstić information content (AvgIpc) is 3.55. The maximum Gasteiger partial charge on any atom is 0.224 e. The van der Waals surface area contributed by atoms with Gasteiger partial charge in [-0.25, -0.2) is 0 Å². The Morgan fingerprint density at radius 1 is 0.444 bits per heavy atom.